The lowest BCUT2D eigenvalue weighted by molar-refractivity contribution is -0.124. The highest BCUT2D eigenvalue weighted by Gasteiger charge is 2.39. The summed E-state index contributed by atoms with van der Waals surface area (Å²) in [5, 5.41) is 2.95. The lowest BCUT2D eigenvalue weighted by atomic mass is 9.85. The first kappa shape index (κ1) is 14.7. The van der Waals surface area contributed by atoms with Crippen LogP contribution in [-0.2, 0) is 4.79 Å². The van der Waals surface area contributed by atoms with Gasteiger partial charge in [0, 0.05) is 18.3 Å². The summed E-state index contributed by atoms with van der Waals surface area (Å²) in [7, 11) is 3.15. The Morgan fingerprint density at radius 2 is 1.90 bits per heavy atom. The van der Waals surface area contributed by atoms with Gasteiger partial charge >= 0.3 is 0 Å². The Kier molecular flexibility index (Phi) is 4.49. The van der Waals surface area contributed by atoms with Gasteiger partial charge in [-0.15, -0.1) is 0 Å². The summed E-state index contributed by atoms with van der Waals surface area (Å²) in [6.45, 7) is 0.395. The predicted molar refractivity (Wildman–Crippen MR) is 78.1 cm³/mol. The molecule has 1 saturated carbocycles. The maximum atomic E-state index is 12.5. The fourth-order valence-electron chi connectivity index (χ4n) is 2.75. The normalized spacial score (nSPS) is 16.8. The van der Waals surface area contributed by atoms with Crippen molar-refractivity contribution in [1.29, 1.82) is 0 Å². The number of nitrogens with two attached hydrogens (primary N) is 1. The quantitative estimate of drug-likeness (QED) is 0.865. The lowest BCUT2D eigenvalue weighted by Gasteiger charge is -2.25. The summed E-state index contributed by atoms with van der Waals surface area (Å²) in [4.78, 5) is 12.5. The minimum atomic E-state index is -0.410. The zero-order chi connectivity index (χ0) is 14.6. The van der Waals surface area contributed by atoms with Crippen molar-refractivity contribution in [2.45, 2.75) is 25.7 Å². The monoisotopic (exact) mass is 278 g/mol. The van der Waals surface area contributed by atoms with Crippen LogP contribution in [0.2, 0.25) is 0 Å². The number of ether oxygens (including phenoxy) is 2. The van der Waals surface area contributed by atoms with E-state index in [1.165, 1.54) is 0 Å². The third-order valence-electron chi connectivity index (χ3n) is 4.07. The van der Waals surface area contributed by atoms with E-state index in [1.54, 1.807) is 32.4 Å². The predicted octanol–water partition coefficient (Wildman–Crippen LogP) is 2.16. The van der Waals surface area contributed by atoms with Crippen molar-refractivity contribution in [2.75, 3.05) is 26.1 Å². The van der Waals surface area contributed by atoms with Gasteiger partial charge in [-0.3, -0.25) is 4.79 Å². The lowest BCUT2D eigenvalue weighted by Crippen LogP contribution is -2.40. The Morgan fingerprint density at radius 3 is 2.45 bits per heavy atom. The summed E-state index contributed by atoms with van der Waals surface area (Å²) < 4.78 is 10.4. The van der Waals surface area contributed by atoms with Crippen molar-refractivity contribution in [3.63, 3.8) is 0 Å². The molecule has 0 radical (unpaired) electrons. The zero-order valence-electron chi connectivity index (χ0n) is 12.1. The van der Waals surface area contributed by atoms with Gasteiger partial charge in [-0.1, -0.05) is 12.8 Å². The Hall–Kier alpha value is -1.75. The smallest absolute Gasteiger partial charge is 0.231 e. The van der Waals surface area contributed by atoms with E-state index in [9.17, 15) is 4.79 Å². The molecular formula is C15H22N2O3. The van der Waals surface area contributed by atoms with E-state index in [0.717, 1.165) is 25.7 Å². The molecular weight excluding hydrogens is 256 g/mol. The molecule has 0 atom stereocenters. The first-order chi connectivity index (χ1) is 9.65. The van der Waals surface area contributed by atoms with Crippen LogP contribution in [0.1, 0.15) is 25.7 Å². The first-order valence-corrected chi connectivity index (χ1v) is 6.89. The van der Waals surface area contributed by atoms with E-state index < -0.39 is 5.41 Å². The molecule has 0 aliphatic heterocycles. The molecule has 1 aromatic carbocycles. The Labute approximate surface area is 119 Å². The Bertz CT molecular complexity index is 482. The number of rotatable bonds is 5. The van der Waals surface area contributed by atoms with Crippen molar-refractivity contribution in [1.82, 2.24) is 0 Å². The van der Waals surface area contributed by atoms with Crippen molar-refractivity contribution in [3.8, 4) is 11.5 Å². The number of carbonyl (C=O) groups excluding carboxylic acids is 1. The van der Waals surface area contributed by atoms with E-state index >= 15 is 0 Å². The second kappa shape index (κ2) is 6.13. The maximum absolute atomic E-state index is 12.5. The van der Waals surface area contributed by atoms with E-state index in [0.29, 0.717) is 23.7 Å². The molecule has 0 bridgehead atoms. The van der Waals surface area contributed by atoms with Gasteiger partial charge in [0.05, 0.1) is 19.6 Å². The number of amides is 1. The number of methoxy groups -OCH3 is 2. The first-order valence-electron chi connectivity index (χ1n) is 6.89. The van der Waals surface area contributed by atoms with Crippen LogP contribution in [0.3, 0.4) is 0 Å². The number of hydrogen-bond donors (Lipinski definition) is 2. The van der Waals surface area contributed by atoms with E-state index in [-0.39, 0.29) is 5.91 Å². The molecule has 20 heavy (non-hydrogen) atoms. The van der Waals surface area contributed by atoms with Crippen molar-refractivity contribution in [2.24, 2.45) is 11.1 Å². The van der Waals surface area contributed by atoms with E-state index in [1.807, 2.05) is 0 Å². The van der Waals surface area contributed by atoms with Crippen LogP contribution >= 0.6 is 0 Å². The molecule has 5 heteroatoms. The van der Waals surface area contributed by atoms with Crippen molar-refractivity contribution in [3.05, 3.63) is 18.2 Å². The van der Waals surface area contributed by atoms with Gasteiger partial charge in [0.1, 0.15) is 0 Å². The summed E-state index contributed by atoms with van der Waals surface area (Å²) >= 11 is 0. The zero-order valence-corrected chi connectivity index (χ0v) is 12.1. The summed E-state index contributed by atoms with van der Waals surface area (Å²) in [5.41, 5.74) is 6.11. The molecule has 2 rings (SSSR count). The van der Waals surface area contributed by atoms with Gasteiger partial charge in [-0.05, 0) is 25.0 Å². The number of nitrogens with one attached hydrogen (secondary N) is 1. The largest absolute Gasteiger partial charge is 0.493 e. The van der Waals surface area contributed by atoms with Crippen LogP contribution in [0.25, 0.3) is 0 Å². The van der Waals surface area contributed by atoms with Gasteiger partial charge in [0.15, 0.2) is 11.5 Å². The average Bonchev–Trinajstić information content (AvgIpc) is 2.97. The standard InChI is InChI=1S/C15H22N2O3/c1-19-12-6-5-11(9-13(12)20-2)17-14(18)15(10-16)7-3-4-8-15/h5-6,9H,3-4,7-8,10,16H2,1-2H3,(H,17,18). The molecule has 5 nitrogen and oxygen atoms in total. The van der Waals surface area contributed by atoms with E-state index in [4.69, 9.17) is 15.2 Å². The van der Waals surface area contributed by atoms with Gasteiger partial charge < -0.3 is 20.5 Å². The third-order valence-corrected chi connectivity index (χ3v) is 4.07. The number of benzene rings is 1. The highest BCUT2D eigenvalue weighted by Crippen LogP contribution is 2.38. The molecule has 1 aliphatic rings. The topological polar surface area (TPSA) is 73.6 Å². The average molecular weight is 278 g/mol. The molecule has 0 aromatic heterocycles. The summed E-state index contributed by atoms with van der Waals surface area (Å²) in [6, 6.07) is 5.34. The third kappa shape index (κ3) is 2.72. The molecule has 0 heterocycles. The molecule has 3 N–H and O–H groups in total. The van der Waals surface area contributed by atoms with Crippen molar-refractivity contribution >= 4 is 11.6 Å². The van der Waals surface area contributed by atoms with Crippen molar-refractivity contribution < 1.29 is 14.3 Å². The van der Waals surface area contributed by atoms with Gasteiger partial charge in [0.25, 0.3) is 0 Å². The molecule has 110 valence electrons. The second-order valence-electron chi connectivity index (χ2n) is 5.22. The summed E-state index contributed by atoms with van der Waals surface area (Å²) in [6.07, 6.45) is 3.86. The molecule has 1 aromatic rings. The van der Waals surface area contributed by atoms with Crippen LogP contribution in [0, 0.1) is 5.41 Å². The highest BCUT2D eigenvalue weighted by molar-refractivity contribution is 5.96. The minimum absolute atomic E-state index is 0.00437. The minimum Gasteiger partial charge on any atom is -0.493 e. The van der Waals surface area contributed by atoms with Gasteiger partial charge in [-0.2, -0.15) is 0 Å². The second-order valence-corrected chi connectivity index (χ2v) is 5.22. The molecule has 0 unspecified atom stereocenters. The highest BCUT2D eigenvalue weighted by atomic mass is 16.5. The Morgan fingerprint density at radius 1 is 1.25 bits per heavy atom. The molecule has 0 spiro atoms. The molecule has 0 saturated heterocycles. The molecule has 1 amide bonds. The SMILES string of the molecule is COc1ccc(NC(=O)C2(CN)CCCC2)cc1OC. The molecule has 1 aliphatic carbocycles. The fourth-order valence-corrected chi connectivity index (χ4v) is 2.75. The van der Waals surface area contributed by atoms with Crippen LogP contribution in [0.4, 0.5) is 5.69 Å². The van der Waals surface area contributed by atoms with Crippen LogP contribution in [0.5, 0.6) is 11.5 Å². The molecule has 1 fully saturated rings. The number of hydrogen-bond acceptors (Lipinski definition) is 4. The fraction of sp³-hybridized carbons (Fsp3) is 0.533. The van der Waals surface area contributed by atoms with Gasteiger partial charge in [0.2, 0.25) is 5.91 Å². The maximum Gasteiger partial charge on any atom is 0.231 e. The van der Waals surface area contributed by atoms with Crippen LogP contribution in [0.15, 0.2) is 18.2 Å². The number of anilines is 1. The summed E-state index contributed by atoms with van der Waals surface area (Å²) in [5.74, 6) is 1.24. The van der Waals surface area contributed by atoms with Crippen LogP contribution < -0.4 is 20.5 Å². The Balaban J connectivity index is 2.15. The van der Waals surface area contributed by atoms with E-state index in [2.05, 4.69) is 5.32 Å². The van der Waals surface area contributed by atoms with Crippen LogP contribution in [-0.4, -0.2) is 26.7 Å². The van der Waals surface area contributed by atoms with Gasteiger partial charge in [-0.25, -0.2) is 0 Å². The number of carbonyl (C=O) groups is 1.